The summed E-state index contributed by atoms with van der Waals surface area (Å²) in [4.78, 5) is 33.9. The molecule has 7 nitrogen and oxygen atoms in total. The number of aryl methyl sites for hydroxylation is 1. The van der Waals surface area contributed by atoms with Gasteiger partial charge in [-0.25, -0.2) is 9.97 Å². The second-order valence-electron chi connectivity index (χ2n) is 8.21. The Bertz CT molecular complexity index is 1300. The van der Waals surface area contributed by atoms with Crippen LogP contribution in [0, 0.1) is 0 Å². The number of imidazole rings is 1. The Morgan fingerprint density at radius 1 is 1.00 bits per heavy atom. The van der Waals surface area contributed by atoms with Gasteiger partial charge in [0.25, 0.3) is 5.56 Å². The summed E-state index contributed by atoms with van der Waals surface area (Å²) >= 11 is 0. The molecule has 2 aromatic heterocycles. The van der Waals surface area contributed by atoms with Crippen LogP contribution in [-0.4, -0.2) is 25.0 Å². The van der Waals surface area contributed by atoms with Gasteiger partial charge in [0.05, 0.1) is 34.6 Å². The first-order valence-electron chi connectivity index (χ1n) is 10.9. The normalized spacial score (nSPS) is 14.8. The van der Waals surface area contributed by atoms with Gasteiger partial charge in [-0.05, 0) is 43.2 Å². The third-order valence-corrected chi connectivity index (χ3v) is 6.14. The number of para-hydroxylation sites is 1. The van der Waals surface area contributed by atoms with Crippen molar-refractivity contribution in [3.8, 4) is 0 Å². The fraction of sp³-hybridized carbons (Fsp3) is 0.333. The van der Waals surface area contributed by atoms with Crippen LogP contribution in [-0.2, 0) is 11.3 Å². The molecule has 7 heteroatoms. The van der Waals surface area contributed by atoms with E-state index in [1.165, 1.54) is 43.0 Å². The van der Waals surface area contributed by atoms with E-state index in [-0.39, 0.29) is 24.4 Å². The van der Waals surface area contributed by atoms with Crippen molar-refractivity contribution in [1.29, 1.82) is 0 Å². The van der Waals surface area contributed by atoms with Gasteiger partial charge < -0.3 is 9.88 Å². The van der Waals surface area contributed by atoms with Crippen molar-refractivity contribution < 1.29 is 4.79 Å². The summed E-state index contributed by atoms with van der Waals surface area (Å²) in [7, 11) is 0. The van der Waals surface area contributed by atoms with E-state index in [2.05, 4.69) is 19.9 Å². The molecule has 2 aromatic carbocycles. The molecule has 0 unspecified atom stereocenters. The monoisotopic (exact) mass is 415 g/mol. The van der Waals surface area contributed by atoms with E-state index >= 15 is 0 Å². The number of aromatic nitrogens is 4. The predicted octanol–water partition coefficient (Wildman–Crippen LogP) is 4.28. The number of carbonyl (C=O) groups is 1. The quantitative estimate of drug-likeness (QED) is 0.527. The Hall–Kier alpha value is -3.48. The van der Waals surface area contributed by atoms with Gasteiger partial charge in [0, 0.05) is 24.7 Å². The van der Waals surface area contributed by atoms with Crippen LogP contribution < -0.4 is 10.9 Å². The average molecular weight is 415 g/mol. The standard InChI is InChI=1S/C24H25N5O2/c30-23(12-13-28-15-25-20-9-5-4-8-19(20)24(28)31)27-17-10-11-22-21(14-17)26-16-29(22)18-6-2-1-3-7-18/h4-5,8-11,14-16,18H,1-3,6-7,12-13H2,(H,27,30). The molecule has 2 heterocycles. The molecule has 0 saturated heterocycles. The van der Waals surface area contributed by atoms with Crippen LogP contribution in [0.15, 0.2) is 59.9 Å². The maximum atomic E-state index is 12.6. The van der Waals surface area contributed by atoms with Crippen LogP contribution in [0.3, 0.4) is 0 Å². The Balaban J connectivity index is 1.26. The molecule has 158 valence electrons. The first kappa shape index (κ1) is 19.5. The van der Waals surface area contributed by atoms with Crippen LogP contribution in [0.25, 0.3) is 21.9 Å². The van der Waals surface area contributed by atoms with Gasteiger partial charge in [-0.1, -0.05) is 31.4 Å². The van der Waals surface area contributed by atoms with Crippen LogP contribution >= 0.6 is 0 Å². The molecule has 1 saturated carbocycles. The lowest BCUT2D eigenvalue weighted by molar-refractivity contribution is -0.116. The van der Waals surface area contributed by atoms with E-state index in [0.717, 1.165) is 16.7 Å². The molecule has 1 aliphatic rings. The highest BCUT2D eigenvalue weighted by molar-refractivity contribution is 5.93. The first-order valence-corrected chi connectivity index (χ1v) is 10.9. The topological polar surface area (TPSA) is 81.8 Å². The minimum atomic E-state index is -0.147. The maximum Gasteiger partial charge on any atom is 0.261 e. The summed E-state index contributed by atoms with van der Waals surface area (Å²) in [6.07, 6.45) is 9.88. The van der Waals surface area contributed by atoms with Gasteiger partial charge in [-0.2, -0.15) is 0 Å². The zero-order valence-corrected chi connectivity index (χ0v) is 17.3. The lowest BCUT2D eigenvalue weighted by Gasteiger charge is -2.23. The van der Waals surface area contributed by atoms with E-state index in [1.54, 1.807) is 12.1 Å². The van der Waals surface area contributed by atoms with Crippen LogP contribution in [0.4, 0.5) is 5.69 Å². The first-order chi connectivity index (χ1) is 15.2. The van der Waals surface area contributed by atoms with Crippen LogP contribution in [0.2, 0.25) is 0 Å². The van der Waals surface area contributed by atoms with Gasteiger partial charge in [0.15, 0.2) is 0 Å². The number of hydrogen-bond donors (Lipinski definition) is 1. The van der Waals surface area contributed by atoms with E-state index in [1.807, 2.05) is 36.7 Å². The van der Waals surface area contributed by atoms with Crippen molar-refractivity contribution in [2.75, 3.05) is 5.32 Å². The van der Waals surface area contributed by atoms with Crippen molar-refractivity contribution in [1.82, 2.24) is 19.1 Å². The fourth-order valence-electron chi connectivity index (χ4n) is 4.47. The summed E-state index contributed by atoms with van der Waals surface area (Å²) < 4.78 is 3.76. The molecule has 4 aromatic rings. The molecule has 0 aliphatic heterocycles. The number of nitrogens with zero attached hydrogens (tertiary/aromatic N) is 4. The number of hydrogen-bond acceptors (Lipinski definition) is 4. The summed E-state index contributed by atoms with van der Waals surface area (Å²) in [5.74, 6) is -0.147. The number of carbonyl (C=O) groups excluding carboxylic acids is 1. The number of anilines is 1. The molecular weight excluding hydrogens is 390 g/mol. The molecule has 1 N–H and O–H groups in total. The van der Waals surface area contributed by atoms with E-state index in [9.17, 15) is 9.59 Å². The molecule has 1 amide bonds. The molecule has 5 rings (SSSR count). The second kappa shape index (κ2) is 8.34. The third kappa shape index (κ3) is 3.95. The van der Waals surface area contributed by atoms with Crippen molar-refractivity contribution in [2.45, 2.75) is 51.1 Å². The Kier molecular flexibility index (Phi) is 5.24. The van der Waals surface area contributed by atoms with E-state index in [4.69, 9.17) is 0 Å². The fourth-order valence-corrected chi connectivity index (χ4v) is 4.47. The van der Waals surface area contributed by atoms with E-state index in [0.29, 0.717) is 16.9 Å². The van der Waals surface area contributed by atoms with Crippen molar-refractivity contribution in [3.63, 3.8) is 0 Å². The Morgan fingerprint density at radius 3 is 2.68 bits per heavy atom. The summed E-state index contributed by atoms with van der Waals surface area (Å²) in [6, 6.07) is 13.6. The lowest BCUT2D eigenvalue weighted by Crippen LogP contribution is -2.23. The summed E-state index contributed by atoms with van der Waals surface area (Å²) in [5, 5.41) is 3.49. The highest BCUT2D eigenvalue weighted by Gasteiger charge is 2.17. The van der Waals surface area contributed by atoms with Crippen LogP contribution in [0.5, 0.6) is 0 Å². The SMILES string of the molecule is O=C(CCn1cnc2ccccc2c1=O)Nc1ccc2c(c1)ncn2C1CCCCC1. The number of rotatable bonds is 5. The van der Waals surface area contributed by atoms with Gasteiger partial charge in [0.2, 0.25) is 5.91 Å². The molecule has 31 heavy (non-hydrogen) atoms. The highest BCUT2D eigenvalue weighted by atomic mass is 16.2. The highest BCUT2D eigenvalue weighted by Crippen LogP contribution is 2.31. The largest absolute Gasteiger partial charge is 0.327 e. The Labute approximate surface area is 179 Å². The maximum absolute atomic E-state index is 12.6. The number of benzene rings is 2. The smallest absolute Gasteiger partial charge is 0.261 e. The molecule has 1 fully saturated rings. The number of amides is 1. The van der Waals surface area contributed by atoms with Gasteiger partial charge >= 0.3 is 0 Å². The van der Waals surface area contributed by atoms with Crippen molar-refractivity contribution in [2.24, 2.45) is 0 Å². The molecule has 0 spiro atoms. The average Bonchev–Trinajstić information content (AvgIpc) is 3.23. The minimum Gasteiger partial charge on any atom is -0.327 e. The zero-order valence-electron chi connectivity index (χ0n) is 17.3. The summed E-state index contributed by atoms with van der Waals surface area (Å²) in [6.45, 7) is 0.279. The van der Waals surface area contributed by atoms with E-state index < -0.39 is 0 Å². The van der Waals surface area contributed by atoms with Gasteiger partial charge in [0.1, 0.15) is 0 Å². The predicted molar refractivity (Wildman–Crippen MR) is 121 cm³/mol. The third-order valence-electron chi connectivity index (χ3n) is 6.14. The summed E-state index contributed by atoms with van der Waals surface area (Å²) in [5.41, 5.74) is 3.25. The molecule has 0 bridgehead atoms. The number of fused-ring (bicyclic) bond motifs is 2. The van der Waals surface area contributed by atoms with Crippen LogP contribution in [0.1, 0.15) is 44.6 Å². The minimum absolute atomic E-state index is 0.131. The molecule has 1 aliphatic carbocycles. The lowest BCUT2D eigenvalue weighted by atomic mass is 9.95. The molecular formula is C24H25N5O2. The van der Waals surface area contributed by atoms with Crippen molar-refractivity contribution >= 4 is 33.5 Å². The van der Waals surface area contributed by atoms with Gasteiger partial charge in [-0.3, -0.25) is 14.2 Å². The number of nitrogens with one attached hydrogen (secondary N) is 1. The molecule has 0 radical (unpaired) electrons. The second-order valence-corrected chi connectivity index (χ2v) is 8.21. The van der Waals surface area contributed by atoms with Gasteiger partial charge in [-0.15, -0.1) is 0 Å². The van der Waals surface area contributed by atoms with Crippen molar-refractivity contribution in [3.05, 3.63) is 65.5 Å². The molecule has 0 atom stereocenters. The Morgan fingerprint density at radius 2 is 1.81 bits per heavy atom. The zero-order chi connectivity index (χ0) is 21.2.